The van der Waals surface area contributed by atoms with E-state index in [9.17, 15) is 18.0 Å². The molecule has 1 heterocycles. The van der Waals surface area contributed by atoms with Crippen LogP contribution in [0.1, 0.15) is 39.8 Å². The van der Waals surface area contributed by atoms with Crippen molar-refractivity contribution in [1.29, 1.82) is 0 Å². The Morgan fingerprint density at radius 3 is 2.52 bits per heavy atom. The molecule has 0 spiro atoms. The van der Waals surface area contributed by atoms with Crippen molar-refractivity contribution in [2.75, 3.05) is 13.6 Å². The molecule has 7 nitrogen and oxygen atoms in total. The fourth-order valence-corrected chi connectivity index (χ4v) is 3.16. The Hall–Kier alpha value is -3.40. The Kier molecular flexibility index (Phi) is 7.70. The van der Waals surface area contributed by atoms with Crippen LogP contribution in [0.3, 0.4) is 0 Å². The maximum atomic E-state index is 12.7. The lowest BCUT2D eigenvalue weighted by atomic mass is 10.1. The molecule has 1 atom stereocenters. The van der Waals surface area contributed by atoms with E-state index in [0.717, 1.165) is 41.2 Å². The summed E-state index contributed by atoms with van der Waals surface area (Å²) in [7, 11) is 1.96. The third-order valence-electron chi connectivity index (χ3n) is 4.88. The SMILES string of the molecule is Cc1nonc1CN(C)Cc1cccc(OC(C)CNC(=O)c2ccc(C(F)(F)F)cc2)c1. The molecule has 0 aliphatic heterocycles. The molecule has 1 unspecified atom stereocenters. The fraction of sp³-hybridized carbons (Fsp3) is 0.348. The second-order valence-electron chi connectivity index (χ2n) is 7.83. The second-order valence-corrected chi connectivity index (χ2v) is 7.83. The van der Waals surface area contributed by atoms with Crippen LogP contribution < -0.4 is 10.1 Å². The Balaban J connectivity index is 1.49. The number of hydrogen-bond acceptors (Lipinski definition) is 6. The monoisotopic (exact) mass is 462 g/mol. The van der Waals surface area contributed by atoms with Crippen LogP contribution in [0.2, 0.25) is 0 Å². The Labute approximate surface area is 189 Å². The van der Waals surface area contributed by atoms with Gasteiger partial charge in [0.25, 0.3) is 5.91 Å². The van der Waals surface area contributed by atoms with Gasteiger partial charge in [0.2, 0.25) is 0 Å². The first-order valence-corrected chi connectivity index (χ1v) is 10.3. The number of ether oxygens (including phenoxy) is 1. The van der Waals surface area contributed by atoms with Crippen molar-refractivity contribution in [2.45, 2.75) is 39.2 Å². The molecule has 3 aromatic rings. The lowest BCUT2D eigenvalue weighted by Crippen LogP contribution is -2.33. The topological polar surface area (TPSA) is 80.5 Å². The van der Waals surface area contributed by atoms with Crippen molar-refractivity contribution in [3.8, 4) is 5.75 Å². The molecule has 0 fully saturated rings. The van der Waals surface area contributed by atoms with Gasteiger partial charge in [0.15, 0.2) is 0 Å². The molecule has 1 amide bonds. The summed E-state index contributed by atoms with van der Waals surface area (Å²) in [5.74, 6) is 0.184. The van der Waals surface area contributed by atoms with Crippen LogP contribution >= 0.6 is 0 Å². The van der Waals surface area contributed by atoms with E-state index < -0.39 is 17.6 Å². The molecule has 1 N–H and O–H groups in total. The van der Waals surface area contributed by atoms with Crippen LogP contribution in [0.15, 0.2) is 53.2 Å². The van der Waals surface area contributed by atoms with Gasteiger partial charge in [0.05, 0.1) is 12.1 Å². The quantitative estimate of drug-likeness (QED) is 0.513. The highest BCUT2D eigenvalue weighted by Crippen LogP contribution is 2.29. The first kappa shape index (κ1) is 24.2. The summed E-state index contributed by atoms with van der Waals surface area (Å²) in [6.07, 6.45) is -4.78. The molecule has 0 aliphatic carbocycles. The smallest absolute Gasteiger partial charge is 0.416 e. The average molecular weight is 462 g/mol. The van der Waals surface area contributed by atoms with E-state index >= 15 is 0 Å². The van der Waals surface area contributed by atoms with Gasteiger partial charge in [-0.3, -0.25) is 9.69 Å². The number of nitrogens with one attached hydrogen (secondary N) is 1. The van der Waals surface area contributed by atoms with Crippen LogP contribution in [-0.2, 0) is 19.3 Å². The third kappa shape index (κ3) is 7.04. The van der Waals surface area contributed by atoms with Crippen LogP contribution in [0.4, 0.5) is 13.2 Å². The molecule has 0 saturated carbocycles. The summed E-state index contributed by atoms with van der Waals surface area (Å²) in [6.45, 7) is 5.08. The van der Waals surface area contributed by atoms with Gasteiger partial charge >= 0.3 is 6.18 Å². The Bertz CT molecular complexity index is 1070. The van der Waals surface area contributed by atoms with Gasteiger partial charge < -0.3 is 10.1 Å². The highest BCUT2D eigenvalue weighted by molar-refractivity contribution is 5.94. The van der Waals surface area contributed by atoms with Gasteiger partial charge in [0, 0.05) is 18.7 Å². The van der Waals surface area contributed by atoms with Crippen molar-refractivity contribution in [3.63, 3.8) is 0 Å². The maximum Gasteiger partial charge on any atom is 0.416 e. The normalized spacial score (nSPS) is 12.6. The number of alkyl halides is 3. The molecule has 10 heteroatoms. The van der Waals surface area contributed by atoms with E-state index in [1.807, 2.05) is 38.2 Å². The number of carbonyl (C=O) groups excluding carboxylic acids is 1. The van der Waals surface area contributed by atoms with Crippen molar-refractivity contribution in [3.05, 3.63) is 76.6 Å². The van der Waals surface area contributed by atoms with Crippen molar-refractivity contribution >= 4 is 5.91 Å². The number of nitrogens with zero attached hydrogens (tertiary/aromatic N) is 3. The lowest BCUT2D eigenvalue weighted by molar-refractivity contribution is -0.137. The molecular weight excluding hydrogens is 437 g/mol. The number of rotatable bonds is 9. The second kappa shape index (κ2) is 10.5. The summed E-state index contributed by atoms with van der Waals surface area (Å²) in [4.78, 5) is 14.3. The standard InChI is InChI=1S/C23H25F3N4O3/c1-15(12-27-22(31)18-7-9-19(10-8-18)23(24,25)26)32-20-6-4-5-17(11-20)13-30(3)14-21-16(2)28-33-29-21/h4-11,15H,12-14H2,1-3H3,(H,27,31). The van der Waals surface area contributed by atoms with Crippen molar-refractivity contribution in [2.24, 2.45) is 0 Å². The molecule has 1 aromatic heterocycles. The predicted octanol–water partition coefficient (Wildman–Crippen LogP) is 4.23. The molecule has 0 bridgehead atoms. The first-order chi connectivity index (χ1) is 15.6. The van der Waals surface area contributed by atoms with E-state index in [-0.39, 0.29) is 18.2 Å². The molecular formula is C23H25F3N4O3. The van der Waals surface area contributed by atoms with Crippen LogP contribution in [-0.4, -0.2) is 40.8 Å². The summed E-state index contributed by atoms with van der Waals surface area (Å²) >= 11 is 0. The van der Waals surface area contributed by atoms with Gasteiger partial charge in [-0.15, -0.1) is 0 Å². The van der Waals surface area contributed by atoms with Crippen LogP contribution in [0.25, 0.3) is 0 Å². The van der Waals surface area contributed by atoms with E-state index in [1.165, 1.54) is 0 Å². The minimum atomic E-state index is -4.44. The molecule has 176 valence electrons. The van der Waals surface area contributed by atoms with Crippen LogP contribution in [0, 0.1) is 6.92 Å². The molecule has 0 aliphatic rings. The number of aromatic nitrogens is 2. The minimum absolute atomic E-state index is 0.151. The van der Waals surface area contributed by atoms with Gasteiger partial charge in [-0.2, -0.15) is 13.2 Å². The molecule has 3 rings (SSSR count). The number of aryl methyl sites for hydroxylation is 1. The van der Waals surface area contributed by atoms with Crippen molar-refractivity contribution < 1.29 is 27.3 Å². The summed E-state index contributed by atoms with van der Waals surface area (Å²) in [5, 5.41) is 10.3. The number of hydrogen-bond donors (Lipinski definition) is 1. The average Bonchev–Trinajstić information content (AvgIpc) is 3.16. The zero-order valence-electron chi connectivity index (χ0n) is 18.5. The molecule has 0 saturated heterocycles. The van der Waals surface area contributed by atoms with Gasteiger partial charge in [-0.1, -0.05) is 22.4 Å². The van der Waals surface area contributed by atoms with E-state index in [4.69, 9.17) is 9.37 Å². The van der Waals surface area contributed by atoms with E-state index in [2.05, 4.69) is 20.5 Å². The minimum Gasteiger partial charge on any atom is -0.489 e. The van der Waals surface area contributed by atoms with Gasteiger partial charge in [0.1, 0.15) is 23.2 Å². The zero-order chi connectivity index (χ0) is 24.0. The van der Waals surface area contributed by atoms with E-state index in [0.29, 0.717) is 18.8 Å². The zero-order valence-corrected chi connectivity index (χ0v) is 18.5. The summed E-state index contributed by atoms with van der Waals surface area (Å²) in [6, 6.07) is 11.7. The third-order valence-corrected chi connectivity index (χ3v) is 4.88. The highest BCUT2D eigenvalue weighted by atomic mass is 19.4. The van der Waals surface area contributed by atoms with E-state index in [1.54, 1.807) is 6.92 Å². The molecule has 2 aromatic carbocycles. The van der Waals surface area contributed by atoms with Crippen molar-refractivity contribution in [1.82, 2.24) is 20.5 Å². The Morgan fingerprint density at radius 2 is 1.88 bits per heavy atom. The summed E-state index contributed by atoms with van der Waals surface area (Å²) in [5.41, 5.74) is 1.92. The molecule has 0 radical (unpaired) electrons. The van der Waals surface area contributed by atoms with Gasteiger partial charge in [-0.05, 0) is 62.9 Å². The Morgan fingerprint density at radius 1 is 1.15 bits per heavy atom. The largest absolute Gasteiger partial charge is 0.489 e. The number of benzene rings is 2. The predicted molar refractivity (Wildman–Crippen MR) is 115 cm³/mol. The van der Waals surface area contributed by atoms with Crippen LogP contribution in [0.5, 0.6) is 5.75 Å². The number of amides is 1. The van der Waals surface area contributed by atoms with Gasteiger partial charge in [-0.25, -0.2) is 4.63 Å². The fourth-order valence-electron chi connectivity index (χ4n) is 3.16. The first-order valence-electron chi connectivity index (χ1n) is 10.3. The lowest BCUT2D eigenvalue weighted by Gasteiger charge is -2.18. The maximum absolute atomic E-state index is 12.7. The number of carbonyl (C=O) groups is 1. The number of halogens is 3. The molecule has 33 heavy (non-hydrogen) atoms. The summed E-state index contributed by atoms with van der Waals surface area (Å²) < 4.78 is 48.6. The highest BCUT2D eigenvalue weighted by Gasteiger charge is 2.30.